The second-order valence-corrected chi connectivity index (χ2v) is 9.39. The summed E-state index contributed by atoms with van der Waals surface area (Å²) in [6.07, 6.45) is 0. The van der Waals surface area contributed by atoms with Crippen molar-refractivity contribution in [2.24, 2.45) is 0 Å². The van der Waals surface area contributed by atoms with E-state index in [4.69, 9.17) is 0 Å². The molecule has 30 heavy (non-hydrogen) atoms. The maximum atomic E-state index is 13.9. The molecular weight excluding hydrogens is 451 g/mol. The third kappa shape index (κ3) is 5.10. The Morgan fingerprint density at radius 1 is 0.933 bits per heavy atom. The Morgan fingerprint density at radius 3 is 2.07 bits per heavy atom. The van der Waals surface area contributed by atoms with Gasteiger partial charge in [0.25, 0.3) is 5.91 Å². The predicted molar refractivity (Wildman–Crippen MR) is 99.4 cm³/mol. The minimum atomic E-state index is -4.43. The van der Waals surface area contributed by atoms with Gasteiger partial charge < -0.3 is 4.90 Å². The minimum Gasteiger partial charge on any atom is -0.336 e. The van der Waals surface area contributed by atoms with E-state index in [0.717, 1.165) is 16.4 Å². The van der Waals surface area contributed by atoms with Crippen molar-refractivity contribution in [1.29, 1.82) is 0 Å². The summed E-state index contributed by atoms with van der Waals surface area (Å²) in [4.78, 5) is 13.2. The largest absolute Gasteiger partial charge is 0.446 e. The molecule has 2 aromatic rings. The predicted octanol–water partition coefficient (Wildman–Crippen LogP) is 3.72. The standard InChI is InChI=1S/C18H15F5N2O3S2/c19-13-3-6-16(15(20)11-13)30(27,28)25-9-7-24(8-10-25)17(26)12-1-4-14(5-2-12)29-18(21,22)23/h1-6,11H,7-10H2. The molecular formula is C18H15F5N2O3S2. The van der Waals surface area contributed by atoms with Crippen molar-refractivity contribution < 1.29 is 35.2 Å². The highest BCUT2D eigenvalue weighted by atomic mass is 32.2. The van der Waals surface area contributed by atoms with Gasteiger partial charge in [0.15, 0.2) is 0 Å². The second kappa shape index (κ2) is 8.52. The first kappa shape index (κ1) is 22.5. The highest BCUT2D eigenvalue weighted by Gasteiger charge is 2.33. The first-order chi connectivity index (χ1) is 14.0. The fourth-order valence-corrected chi connectivity index (χ4v) is 4.94. The Bertz CT molecular complexity index is 1030. The molecule has 0 N–H and O–H groups in total. The molecule has 1 amide bonds. The number of carbonyl (C=O) groups is 1. The zero-order chi connectivity index (χ0) is 22.1. The number of hydrogen-bond donors (Lipinski definition) is 0. The van der Waals surface area contributed by atoms with Gasteiger partial charge in [-0.25, -0.2) is 17.2 Å². The van der Waals surface area contributed by atoms with Crippen molar-refractivity contribution in [3.63, 3.8) is 0 Å². The summed E-state index contributed by atoms with van der Waals surface area (Å²) < 4.78 is 90.2. The molecule has 1 aliphatic rings. The zero-order valence-corrected chi connectivity index (χ0v) is 16.8. The summed E-state index contributed by atoms with van der Waals surface area (Å²) in [5.74, 6) is -2.56. The van der Waals surface area contributed by atoms with Gasteiger partial charge in [0.1, 0.15) is 16.5 Å². The fraction of sp³-hybridized carbons (Fsp3) is 0.278. The molecule has 0 radical (unpaired) electrons. The number of hydrogen-bond acceptors (Lipinski definition) is 4. The van der Waals surface area contributed by atoms with Gasteiger partial charge in [-0.15, -0.1) is 0 Å². The summed E-state index contributed by atoms with van der Waals surface area (Å²) in [6, 6.07) is 7.08. The summed E-state index contributed by atoms with van der Waals surface area (Å²) >= 11 is -0.293. The van der Waals surface area contributed by atoms with Crippen molar-refractivity contribution in [2.45, 2.75) is 15.3 Å². The summed E-state index contributed by atoms with van der Waals surface area (Å²) in [5, 5.41) is 0. The lowest BCUT2D eigenvalue weighted by molar-refractivity contribution is -0.0328. The van der Waals surface area contributed by atoms with Crippen LogP contribution in [0.3, 0.4) is 0 Å². The Kier molecular flexibility index (Phi) is 6.39. The Morgan fingerprint density at radius 2 is 1.53 bits per heavy atom. The van der Waals surface area contributed by atoms with Gasteiger partial charge in [-0.3, -0.25) is 4.79 Å². The number of sulfonamides is 1. The van der Waals surface area contributed by atoms with Crippen LogP contribution < -0.4 is 0 Å². The first-order valence-corrected chi connectivity index (χ1v) is 10.8. The summed E-state index contributed by atoms with van der Waals surface area (Å²) in [5.41, 5.74) is -4.26. The fourth-order valence-electron chi connectivity index (χ4n) is 2.94. The third-order valence-corrected chi connectivity index (χ3v) is 7.04. The van der Waals surface area contributed by atoms with Crippen LogP contribution in [-0.2, 0) is 10.0 Å². The van der Waals surface area contributed by atoms with E-state index in [0.29, 0.717) is 6.07 Å². The van der Waals surface area contributed by atoms with Gasteiger partial charge in [0.2, 0.25) is 10.0 Å². The molecule has 1 saturated heterocycles. The SMILES string of the molecule is O=C(c1ccc(SC(F)(F)F)cc1)N1CCN(S(=O)(=O)c2ccc(F)cc2F)CC1. The second-order valence-electron chi connectivity index (χ2n) is 6.34. The summed E-state index contributed by atoms with van der Waals surface area (Å²) in [7, 11) is -4.20. The van der Waals surface area contributed by atoms with Crippen LogP contribution in [0.4, 0.5) is 22.0 Å². The van der Waals surface area contributed by atoms with E-state index < -0.39 is 38.0 Å². The third-order valence-electron chi connectivity index (χ3n) is 4.37. The lowest BCUT2D eigenvalue weighted by Gasteiger charge is -2.34. The molecule has 0 saturated carbocycles. The number of nitrogens with zero attached hydrogens (tertiary/aromatic N) is 2. The number of carbonyl (C=O) groups excluding carboxylic acids is 1. The number of thioether (sulfide) groups is 1. The molecule has 0 spiro atoms. The molecule has 2 aromatic carbocycles. The lowest BCUT2D eigenvalue weighted by Crippen LogP contribution is -2.50. The molecule has 0 unspecified atom stereocenters. The number of halogens is 5. The average Bonchev–Trinajstić information content (AvgIpc) is 2.66. The van der Waals surface area contributed by atoms with E-state index in [1.807, 2.05) is 0 Å². The highest BCUT2D eigenvalue weighted by molar-refractivity contribution is 8.00. The van der Waals surface area contributed by atoms with Crippen molar-refractivity contribution >= 4 is 27.7 Å². The molecule has 0 bridgehead atoms. The molecule has 1 fully saturated rings. The maximum absolute atomic E-state index is 13.9. The molecule has 1 aliphatic heterocycles. The van der Waals surface area contributed by atoms with Crippen LogP contribution in [0.2, 0.25) is 0 Å². The van der Waals surface area contributed by atoms with Crippen LogP contribution >= 0.6 is 11.8 Å². The maximum Gasteiger partial charge on any atom is 0.446 e. The highest BCUT2D eigenvalue weighted by Crippen LogP contribution is 2.36. The number of alkyl halides is 3. The Labute approximate surface area is 173 Å². The van der Waals surface area contributed by atoms with Crippen LogP contribution in [0.1, 0.15) is 10.4 Å². The van der Waals surface area contributed by atoms with Crippen molar-refractivity contribution in [1.82, 2.24) is 9.21 Å². The molecule has 12 heteroatoms. The van der Waals surface area contributed by atoms with E-state index in [1.54, 1.807) is 0 Å². The monoisotopic (exact) mass is 466 g/mol. The van der Waals surface area contributed by atoms with Crippen LogP contribution in [0.25, 0.3) is 0 Å². The van der Waals surface area contributed by atoms with Gasteiger partial charge in [-0.1, -0.05) is 0 Å². The van der Waals surface area contributed by atoms with Gasteiger partial charge >= 0.3 is 5.51 Å². The quantitative estimate of drug-likeness (QED) is 0.509. The van der Waals surface area contributed by atoms with E-state index in [2.05, 4.69) is 0 Å². The lowest BCUT2D eigenvalue weighted by atomic mass is 10.2. The molecule has 0 atom stereocenters. The molecule has 1 heterocycles. The number of piperazine rings is 1. The molecule has 0 aliphatic carbocycles. The average molecular weight is 466 g/mol. The van der Waals surface area contributed by atoms with Gasteiger partial charge in [0, 0.05) is 42.7 Å². The van der Waals surface area contributed by atoms with Gasteiger partial charge in [-0.2, -0.15) is 17.5 Å². The first-order valence-electron chi connectivity index (χ1n) is 8.58. The normalized spacial score (nSPS) is 16.0. The molecule has 162 valence electrons. The number of rotatable bonds is 4. The van der Waals surface area contributed by atoms with Gasteiger partial charge in [0.05, 0.1) is 0 Å². The van der Waals surface area contributed by atoms with E-state index in [9.17, 15) is 35.2 Å². The van der Waals surface area contributed by atoms with Crippen molar-refractivity contribution in [3.05, 3.63) is 59.7 Å². The topological polar surface area (TPSA) is 57.7 Å². The van der Waals surface area contributed by atoms with E-state index in [1.165, 1.54) is 29.2 Å². The van der Waals surface area contributed by atoms with Crippen molar-refractivity contribution in [2.75, 3.05) is 26.2 Å². The number of amides is 1. The van der Waals surface area contributed by atoms with Crippen molar-refractivity contribution in [3.8, 4) is 0 Å². The molecule has 0 aromatic heterocycles. The Balaban J connectivity index is 1.65. The molecule has 5 nitrogen and oxygen atoms in total. The summed E-state index contributed by atoms with van der Waals surface area (Å²) in [6.45, 7) is -0.181. The van der Waals surface area contributed by atoms with Crippen LogP contribution in [-0.4, -0.2) is 55.2 Å². The Hall–Kier alpha value is -2.18. The van der Waals surface area contributed by atoms with E-state index >= 15 is 0 Å². The minimum absolute atomic E-state index is 0.0138. The van der Waals surface area contributed by atoms with Gasteiger partial charge in [-0.05, 0) is 48.2 Å². The van der Waals surface area contributed by atoms with E-state index in [-0.39, 0.29) is 48.4 Å². The van der Waals surface area contributed by atoms with Crippen LogP contribution in [0.15, 0.2) is 52.3 Å². The van der Waals surface area contributed by atoms with Crippen LogP contribution in [0, 0.1) is 11.6 Å². The smallest absolute Gasteiger partial charge is 0.336 e. The number of benzene rings is 2. The molecule has 3 rings (SSSR count). The zero-order valence-electron chi connectivity index (χ0n) is 15.2. The van der Waals surface area contributed by atoms with Crippen LogP contribution in [0.5, 0.6) is 0 Å².